The van der Waals surface area contributed by atoms with E-state index in [0.717, 1.165) is 24.3 Å². The van der Waals surface area contributed by atoms with Gasteiger partial charge in [0, 0.05) is 25.5 Å². The summed E-state index contributed by atoms with van der Waals surface area (Å²) in [6, 6.07) is 10.2. The van der Waals surface area contributed by atoms with Crippen LogP contribution in [0.4, 0.5) is 0 Å². The quantitative estimate of drug-likeness (QED) is 0.480. The summed E-state index contributed by atoms with van der Waals surface area (Å²) in [5.41, 5.74) is 8.28. The van der Waals surface area contributed by atoms with Gasteiger partial charge in [0.1, 0.15) is 0 Å². The van der Waals surface area contributed by atoms with Gasteiger partial charge in [0.15, 0.2) is 5.96 Å². The number of guanidine groups is 1. The molecule has 0 radical (unpaired) electrons. The summed E-state index contributed by atoms with van der Waals surface area (Å²) in [4.78, 5) is 6.69. The van der Waals surface area contributed by atoms with Crippen molar-refractivity contribution in [2.45, 2.75) is 25.8 Å². The van der Waals surface area contributed by atoms with Crippen LogP contribution in [-0.4, -0.2) is 33.7 Å². The highest BCUT2D eigenvalue weighted by Crippen LogP contribution is 2.11. The first-order valence-electron chi connectivity index (χ1n) is 7.47. The molecule has 1 fully saturated rings. The van der Waals surface area contributed by atoms with Crippen LogP contribution in [0.2, 0.25) is 0 Å². The second-order valence-electron chi connectivity index (χ2n) is 5.34. The molecule has 0 atom stereocenters. The lowest BCUT2D eigenvalue weighted by atomic mass is 10.1. The zero-order valence-corrected chi connectivity index (χ0v) is 14.9. The SMILES string of the molecule is I.NC(=NCc1ccc(-n2cccn2)cc1)N1CCCCC1. The summed E-state index contributed by atoms with van der Waals surface area (Å²) in [6.07, 6.45) is 7.45. The fourth-order valence-corrected chi connectivity index (χ4v) is 2.57. The third-order valence-corrected chi connectivity index (χ3v) is 3.81. The lowest BCUT2D eigenvalue weighted by Gasteiger charge is -2.27. The standard InChI is InChI=1S/C16H21N5.HI/c17-16(20-10-2-1-3-11-20)18-13-14-5-7-15(8-6-14)21-12-4-9-19-21;/h4-9,12H,1-3,10-11,13H2,(H2,17,18);1H. The van der Waals surface area contributed by atoms with E-state index in [2.05, 4.69) is 39.3 Å². The first-order chi connectivity index (χ1) is 10.3. The number of hydrogen-bond donors (Lipinski definition) is 1. The molecule has 0 amide bonds. The van der Waals surface area contributed by atoms with Crippen LogP contribution >= 0.6 is 24.0 Å². The van der Waals surface area contributed by atoms with Crippen LogP contribution in [0.5, 0.6) is 0 Å². The molecule has 0 bridgehead atoms. The maximum absolute atomic E-state index is 6.07. The number of likely N-dealkylation sites (tertiary alicyclic amines) is 1. The molecule has 3 rings (SSSR count). The summed E-state index contributed by atoms with van der Waals surface area (Å²) in [7, 11) is 0. The van der Waals surface area contributed by atoms with Crippen LogP contribution in [0.3, 0.4) is 0 Å². The lowest BCUT2D eigenvalue weighted by molar-refractivity contribution is 0.338. The first-order valence-corrected chi connectivity index (χ1v) is 7.47. The van der Waals surface area contributed by atoms with E-state index in [4.69, 9.17) is 5.73 Å². The van der Waals surface area contributed by atoms with Crippen molar-refractivity contribution < 1.29 is 0 Å². The summed E-state index contributed by atoms with van der Waals surface area (Å²) in [5.74, 6) is 0.672. The van der Waals surface area contributed by atoms with Crippen molar-refractivity contribution in [2.24, 2.45) is 10.7 Å². The van der Waals surface area contributed by atoms with E-state index in [1.54, 1.807) is 6.20 Å². The van der Waals surface area contributed by atoms with Gasteiger partial charge in [-0.15, -0.1) is 24.0 Å². The van der Waals surface area contributed by atoms with Crippen LogP contribution in [-0.2, 0) is 6.54 Å². The Morgan fingerprint density at radius 1 is 1.14 bits per heavy atom. The number of nitrogens with two attached hydrogens (primary N) is 1. The number of halogens is 1. The molecule has 0 unspecified atom stereocenters. The molecule has 1 aromatic carbocycles. The number of piperidine rings is 1. The molecule has 0 aliphatic carbocycles. The molecule has 6 heteroatoms. The minimum Gasteiger partial charge on any atom is -0.370 e. The maximum atomic E-state index is 6.07. The fraction of sp³-hybridized carbons (Fsp3) is 0.375. The van der Waals surface area contributed by atoms with Crippen molar-refractivity contribution in [3.05, 3.63) is 48.3 Å². The van der Waals surface area contributed by atoms with Crippen LogP contribution in [0.1, 0.15) is 24.8 Å². The van der Waals surface area contributed by atoms with Crippen LogP contribution in [0.15, 0.2) is 47.7 Å². The Morgan fingerprint density at radius 2 is 1.86 bits per heavy atom. The van der Waals surface area contributed by atoms with Gasteiger partial charge in [-0.25, -0.2) is 9.67 Å². The molecule has 1 saturated heterocycles. The zero-order valence-electron chi connectivity index (χ0n) is 12.6. The van der Waals surface area contributed by atoms with E-state index >= 15 is 0 Å². The summed E-state index contributed by atoms with van der Waals surface area (Å²) < 4.78 is 1.84. The molecule has 1 aliphatic heterocycles. The fourth-order valence-electron chi connectivity index (χ4n) is 2.57. The van der Waals surface area contributed by atoms with Gasteiger partial charge in [0.05, 0.1) is 12.2 Å². The van der Waals surface area contributed by atoms with Crippen molar-refractivity contribution >= 4 is 29.9 Å². The Bertz CT molecular complexity index is 586. The Labute approximate surface area is 148 Å². The molecule has 2 N–H and O–H groups in total. The minimum atomic E-state index is 0. The van der Waals surface area contributed by atoms with Crippen LogP contribution in [0.25, 0.3) is 5.69 Å². The smallest absolute Gasteiger partial charge is 0.191 e. The van der Waals surface area contributed by atoms with E-state index in [-0.39, 0.29) is 24.0 Å². The Kier molecular flexibility index (Phi) is 6.23. The van der Waals surface area contributed by atoms with Gasteiger partial charge in [-0.2, -0.15) is 5.10 Å². The third kappa shape index (κ3) is 4.22. The van der Waals surface area contributed by atoms with Gasteiger partial charge in [0.25, 0.3) is 0 Å². The summed E-state index contributed by atoms with van der Waals surface area (Å²) in [5, 5.41) is 4.21. The predicted molar refractivity (Wildman–Crippen MR) is 99.7 cm³/mol. The second-order valence-corrected chi connectivity index (χ2v) is 5.34. The van der Waals surface area contributed by atoms with E-state index in [0.29, 0.717) is 12.5 Å². The molecule has 22 heavy (non-hydrogen) atoms. The number of nitrogens with zero attached hydrogens (tertiary/aromatic N) is 4. The molecular weight excluding hydrogens is 389 g/mol. The molecule has 2 heterocycles. The molecular formula is C16H22IN5. The van der Waals surface area contributed by atoms with Gasteiger partial charge < -0.3 is 10.6 Å². The molecule has 1 aliphatic rings. The average molecular weight is 411 g/mol. The molecule has 0 spiro atoms. The topological polar surface area (TPSA) is 59.4 Å². The minimum absolute atomic E-state index is 0. The van der Waals surface area contributed by atoms with E-state index in [9.17, 15) is 0 Å². The highest BCUT2D eigenvalue weighted by atomic mass is 127. The van der Waals surface area contributed by atoms with Gasteiger partial charge in [-0.3, -0.25) is 0 Å². The summed E-state index contributed by atoms with van der Waals surface area (Å²) >= 11 is 0. The van der Waals surface area contributed by atoms with E-state index in [1.165, 1.54) is 19.3 Å². The molecule has 1 aromatic heterocycles. The van der Waals surface area contributed by atoms with Crippen molar-refractivity contribution in [1.82, 2.24) is 14.7 Å². The van der Waals surface area contributed by atoms with Gasteiger partial charge in [-0.05, 0) is 43.0 Å². The number of rotatable bonds is 3. The highest BCUT2D eigenvalue weighted by molar-refractivity contribution is 14.0. The van der Waals surface area contributed by atoms with E-state index in [1.807, 2.05) is 16.9 Å². The normalized spacial score (nSPS) is 15.5. The van der Waals surface area contributed by atoms with Crippen molar-refractivity contribution in [2.75, 3.05) is 13.1 Å². The van der Waals surface area contributed by atoms with Crippen LogP contribution in [0, 0.1) is 0 Å². The summed E-state index contributed by atoms with van der Waals surface area (Å²) in [6.45, 7) is 2.70. The molecule has 118 valence electrons. The highest BCUT2D eigenvalue weighted by Gasteiger charge is 2.11. The Morgan fingerprint density at radius 3 is 2.50 bits per heavy atom. The zero-order chi connectivity index (χ0) is 14.5. The molecule has 5 nitrogen and oxygen atoms in total. The number of benzene rings is 1. The van der Waals surface area contributed by atoms with Crippen LogP contribution < -0.4 is 5.73 Å². The largest absolute Gasteiger partial charge is 0.370 e. The number of aliphatic imine (C=N–C) groups is 1. The number of hydrogen-bond acceptors (Lipinski definition) is 2. The van der Waals surface area contributed by atoms with Crippen molar-refractivity contribution in [3.8, 4) is 5.69 Å². The maximum Gasteiger partial charge on any atom is 0.191 e. The lowest BCUT2D eigenvalue weighted by Crippen LogP contribution is -2.40. The predicted octanol–water partition coefficient (Wildman–Crippen LogP) is 2.79. The molecule has 0 saturated carbocycles. The van der Waals surface area contributed by atoms with Crippen molar-refractivity contribution in [1.29, 1.82) is 0 Å². The Balaban J connectivity index is 0.00000176. The van der Waals surface area contributed by atoms with Gasteiger partial charge in [-0.1, -0.05) is 12.1 Å². The third-order valence-electron chi connectivity index (χ3n) is 3.81. The van der Waals surface area contributed by atoms with Crippen molar-refractivity contribution in [3.63, 3.8) is 0 Å². The first kappa shape index (κ1) is 16.8. The van der Waals surface area contributed by atoms with Gasteiger partial charge in [0.2, 0.25) is 0 Å². The number of aromatic nitrogens is 2. The van der Waals surface area contributed by atoms with Gasteiger partial charge >= 0.3 is 0 Å². The Hall–Kier alpha value is -1.57. The molecule has 2 aromatic rings. The second kappa shape index (κ2) is 8.17. The monoisotopic (exact) mass is 411 g/mol. The van der Waals surface area contributed by atoms with E-state index < -0.39 is 0 Å². The average Bonchev–Trinajstić information content (AvgIpc) is 3.08.